The highest BCUT2D eigenvalue weighted by Crippen LogP contribution is 2.45. The zero-order valence-electron chi connectivity index (χ0n) is 27.9. The van der Waals surface area contributed by atoms with Gasteiger partial charge in [-0.25, -0.2) is 18.0 Å². The Labute approximate surface area is 288 Å². The Bertz CT molecular complexity index is 1530. The summed E-state index contributed by atoms with van der Waals surface area (Å²) in [4.78, 5) is 32.6. The van der Waals surface area contributed by atoms with Crippen LogP contribution in [0.2, 0.25) is 0 Å². The van der Waals surface area contributed by atoms with Gasteiger partial charge < -0.3 is 20.2 Å². The summed E-state index contributed by atoms with van der Waals surface area (Å²) in [6, 6.07) is 10.1. The molecule has 2 aromatic carbocycles. The quantitative estimate of drug-likeness (QED) is 0.225. The van der Waals surface area contributed by atoms with Gasteiger partial charge in [-0.3, -0.25) is 9.69 Å². The van der Waals surface area contributed by atoms with E-state index in [1.54, 1.807) is 21.9 Å². The molecule has 4 atom stereocenters. The van der Waals surface area contributed by atoms with E-state index < -0.39 is 40.9 Å². The molecule has 272 valence electrons. The molecule has 0 aromatic heterocycles. The monoisotopic (exact) mass is 706 g/mol. The Morgan fingerprint density at radius 2 is 1.68 bits per heavy atom. The Morgan fingerprint density at radius 1 is 1.02 bits per heavy atom. The molecule has 0 radical (unpaired) electrons. The number of β-amino-alcohol motifs (C(OH)–C–C–N with tert-alkyl or cyclic N) is 1. The fourth-order valence-corrected chi connectivity index (χ4v) is 8.59. The number of nitrogens with zero attached hydrogens (tertiary/aromatic N) is 3. The lowest BCUT2D eigenvalue weighted by molar-refractivity contribution is -0.140. The van der Waals surface area contributed by atoms with E-state index in [0.717, 1.165) is 25.0 Å². The first-order valence-electron chi connectivity index (χ1n) is 17.4. The predicted molar refractivity (Wildman–Crippen MR) is 174 cm³/mol. The second kappa shape index (κ2) is 14.2. The van der Waals surface area contributed by atoms with Crippen LogP contribution in [0.3, 0.4) is 0 Å². The number of halogens is 6. The van der Waals surface area contributed by atoms with Gasteiger partial charge in [-0.2, -0.15) is 13.2 Å². The maximum Gasteiger partial charge on any atom is 0.416 e. The molecule has 2 N–H and O–H groups in total. The molecule has 3 amide bonds. The van der Waals surface area contributed by atoms with Gasteiger partial charge in [0.2, 0.25) is 11.8 Å². The van der Waals surface area contributed by atoms with Gasteiger partial charge in [-0.15, -0.1) is 6.58 Å². The zero-order valence-corrected chi connectivity index (χ0v) is 27.9. The molecule has 0 spiro atoms. The molecule has 3 aliphatic heterocycles. The van der Waals surface area contributed by atoms with Crippen LogP contribution in [0.1, 0.15) is 68.1 Å². The number of aliphatic hydroxyl groups is 1. The van der Waals surface area contributed by atoms with Gasteiger partial charge in [-0.1, -0.05) is 30.3 Å². The van der Waals surface area contributed by atoms with E-state index in [9.17, 15) is 41.0 Å². The van der Waals surface area contributed by atoms with E-state index in [1.807, 2.05) is 0 Å². The Kier molecular flexibility index (Phi) is 10.3. The molecule has 4 aliphatic rings. The lowest BCUT2D eigenvalue weighted by Crippen LogP contribution is -2.55. The number of nitrogens with one attached hydrogen (secondary N) is 1. The van der Waals surface area contributed by atoms with Gasteiger partial charge in [0.15, 0.2) is 0 Å². The minimum atomic E-state index is -4.44. The van der Waals surface area contributed by atoms with E-state index in [2.05, 4.69) is 16.8 Å². The van der Waals surface area contributed by atoms with Crippen LogP contribution in [-0.2, 0) is 23.1 Å². The van der Waals surface area contributed by atoms with Crippen molar-refractivity contribution in [2.75, 3.05) is 26.2 Å². The van der Waals surface area contributed by atoms with Crippen molar-refractivity contribution < 1.29 is 41.0 Å². The molecular weight excluding hydrogens is 662 g/mol. The average Bonchev–Trinajstić information content (AvgIpc) is 3.52. The minimum absolute atomic E-state index is 0.0507. The van der Waals surface area contributed by atoms with E-state index in [4.69, 9.17) is 0 Å². The summed E-state index contributed by atoms with van der Waals surface area (Å²) in [6.07, 6.45) is -0.259. The van der Waals surface area contributed by atoms with Crippen LogP contribution < -0.4 is 5.32 Å². The van der Waals surface area contributed by atoms with Crippen molar-refractivity contribution in [1.82, 2.24) is 20.0 Å². The fourth-order valence-electron chi connectivity index (χ4n) is 8.59. The molecule has 13 heteroatoms. The van der Waals surface area contributed by atoms with E-state index in [1.165, 1.54) is 30.3 Å². The standard InChI is InChI=1S/C37H44F6N4O3/c1-2-16-46(34(49)44-20-24-6-8-26(9-7-24)37(41,42)43)32-18-30-10-11-31(19-32)47(30)22-28-21-45(33(48)25-12-14-35(39,40)15-13-25)23-36(28,50)27-4-3-5-29(38)17-27/h2-9,17,25,28,30-32,50H,1,10-16,18-23H2,(H,44,49)/t28-,30?,31?,32?,36+/m1/s1. The Hall–Kier alpha value is -3.58. The van der Waals surface area contributed by atoms with Gasteiger partial charge in [0.1, 0.15) is 11.4 Å². The molecule has 2 bridgehead atoms. The molecule has 4 fully saturated rings. The topological polar surface area (TPSA) is 76.1 Å². The fraction of sp³-hybridized carbons (Fsp3) is 0.568. The lowest BCUT2D eigenvalue weighted by Gasteiger charge is -2.45. The molecule has 6 rings (SSSR count). The number of amides is 3. The Morgan fingerprint density at radius 3 is 2.28 bits per heavy atom. The van der Waals surface area contributed by atoms with Crippen molar-refractivity contribution >= 4 is 11.9 Å². The number of hydrogen-bond acceptors (Lipinski definition) is 4. The molecule has 3 saturated heterocycles. The number of fused-ring (bicyclic) bond motifs is 2. The van der Waals surface area contributed by atoms with Crippen molar-refractivity contribution in [3.8, 4) is 0 Å². The third kappa shape index (κ3) is 7.68. The summed E-state index contributed by atoms with van der Waals surface area (Å²) in [5.74, 6) is -4.53. The van der Waals surface area contributed by atoms with Crippen molar-refractivity contribution in [2.24, 2.45) is 11.8 Å². The third-order valence-electron chi connectivity index (χ3n) is 11.3. The summed E-state index contributed by atoms with van der Waals surface area (Å²) < 4.78 is 81.0. The van der Waals surface area contributed by atoms with Gasteiger partial charge in [-0.05, 0) is 73.9 Å². The number of hydrogen-bond donors (Lipinski definition) is 2. The van der Waals surface area contributed by atoms with Crippen LogP contribution in [-0.4, -0.2) is 82.0 Å². The molecule has 1 aliphatic carbocycles. The zero-order chi connectivity index (χ0) is 35.8. The van der Waals surface area contributed by atoms with Crippen molar-refractivity contribution in [3.05, 3.63) is 83.7 Å². The highest BCUT2D eigenvalue weighted by Gasteiger charge is 2.53. The third-order valence-corrected chi connectivity index (χ3v) is 11.3. The normalized spacial score (nSPS) is 28.4. The molecule has 7 nitrogen and oxygen atoms in total. The summed E-state index contributed by atoms with van der Waals surface area (Å²) in [5.41, 5.74) is -1.39. The van der Waals surface area contributed by atoms with E-state index in [0.29, 0.717) is 30.5 Å². The SMILES string of the molecule is C=CCN(C(=O)NCc1ccc(C(F)(F)F)cc1)C1CC2CCC(C1)N2C[C@H]1CN(C(=O)C2CCC(F)(F)CC2)C[C@]1(O)c1cccc(F)c1. The van der Waals surface area contributed by atoms with Crippen LogP contribution in [0.4, 0.5) is 31.1 Å². The van der Waals surface area contributed by atoms with Crippen molar-refractivity contribution in [3.63, 3.8) is 0 Å². The molecule has 2 unspecified atom stereocenters. The Balaban J connectivity index is 1.13. The number of carbonyl (C=O) groups is 2. The van der Waals surface area contributed by atoms with Crippen molar-refractivity contribution in [1.29, 1.82) is 0 Å². The second-order valence-corrected chi connectivity index (χ2v) is 14.5. The van der Waals surface area contributed by atoms with Crippen LogP contribution in [0.15, 0.2) is 61.2 Å². The maximum atomic E-state index is 14.4. The minimum Gasteiger partial charge on any atom is -0.383 e. The van der Waals surface area contributed by atoms with Crippen LogP contribution >= 0.6 is 0 Å². The van der Waals surface area contributed by atoms with Crippen LogP contribution in [0.5, 0.6) is 0 Å². The average molecular weight is 707 g/mol. The number of urea groups is 1. The second-order valence-electron chi connectivity index (χ2n) is 14.5. The highest BCUT2D eigenvalue weighted by molar-refractivity contribution is 5.79. The van der Waals surface area contributed by atoms with Gasteiger partial charge >= 0.3 is 12.2 Å². The summed E-state index contributed by atoms with van der Waals surface area (Å²) in [6.45, 7) is 4.77. The molecule has 2 aromatic rings. The van der Waals surface area contributed by atoms with Gasteiger partial charge in [0.05, 0.1) is 12.1 Å². The van der Waals surface area contributed by atoms with Crippen LogP contribution in [0, 0.1) is 17.7 Å². The van der Waals surface area contributed by atoms with Gasteiger partial charge in [0, 0.05) is 69.0 Å². The first kappa shape index (κ1) is 36.2. The number of piperidine rings is 1. The molecule has 3 heterocycles. The highest BCUT2D eigenvalue weighted by atomic mass is 19.4. The first-order chi connectivity index (χ1) is 23.7. The largest absolute Gasteiger partial charge is 0.416 e. The number of rotatable bonds is 9. The van der Waals surface area contributed by atoms with Gasteiger partial charge in [0.25, 0.3) is 0 Å². The number of alkyl halides is 5. The molecule has 50 heavy (non-hydrogen) atoms. The molecule has 1 saturated carbocycles. The maximum absolute atomic E-state index is 14.4. The predicted octanol–water partition coefficient (Wildman–Crippen LogP) is 6.71. The number of likely N-dealkylation sites (tertiary alicyclic amines) is 1. The lowest BCUT2D eigenvalue weighted by atomic mass is 9.82. The number of carbonyl (C=O) groups excluding carboxylic acids is 2. The van der Waals surface area contributed by atoms with E-state index in [-0.39, 0.29) is 81.9 Å². The summed E-state index contributed by atoms with van der Waals surface area (Å²) in [5, 5.41) is 15.1. The number of benzene rings is 2. The van der Waals surface area contributed by atoms with Crippen molar-refractivity contribution in [2.45, 2.75) is 93.7 Å². The van der Waals surface area contributed by atoms with E-state index >= 15 is 0 Å². The smallest absolute Gasteiger partial charge is 0.383 e. The summed E-state index contributed by atoms with van der Waals surface area (Å²) >= 11 is 0. The molecular formula is C37H44F6N4O3. The summed E-state index contributed by atoms with van der Waals surface area (Å²) in [7, 11) is 0. The first-order valence-corrected chi connectivity index (χ1v) is 17.4. The van der Waals surface area contributed by atoms with Crippen LogP contribution in [0.25, 0.3) is 0 Å².